The first kappa shape index (κ1) is 9.40. The van der Waals surface area contributed by atoms with E-state index in [4.69, 9.17) is 0 Å². The maximum Gasteiger partial charge on any atom is 0.210 e. The van der Waals surface area contributed by atoms with Gasteiger partial charge >= 0.3 is 0 Å². The summed E-state index contributed by atoms with van der Waals surface area (Å²) in [5.41, 5.74) is 0. The molecular weight excluding hydrogens is 130 g/mol. The van der Waals surface area contributed by atoms with Crippen LogP contribution in [0.1, 0.15) is 39.5 Å². The van der Waals surface area contributed by atoms with Gasteiger partial charge in [0.1, 0.15) is 0 Å². The van der Waals surface area contributed by atoms with E-state index in [-0.39, 0.29) is 11.0 Å². The predicted octanol–water partition coefficient (Wildman–Crippen LogP) is 2.23. The van der Waals surface area contributed by atoms with E-state index in [0.717, 1.165) is 25.7 Å². The molecular formula is C7H15NO2. The van der Waals surface area contributed by atoms with Gasteiger partial charge in [-0.25, -0.2) is 0 Å². The molecule has 0 aromatic carbocycles. The first-order valence-electron chi connectivity index (χ1n) is 3.82. The number of unbranched alkanes of at least 4 members (excludes halogenated alkanes) is 2. The fourth-order valence-electron chi connectivity index (χ4n) is 0.795. The van der Waals surface area contributed by atoms with Gasteiger partial charge in [0.05, 0.1) is 0 Å². The first-order valence-corrected chi connectivity index (χ1v) is 3.82. The number of rotatable bonds is 5. The Morgan fingerprint density at radius 2 is 2.10 bits per heavy atom. The Kier molecular flexibility index (Phi) is 4.89. The molecule has 0 aliphatic carbocycles. The fourth-order valence-corrected chi connectivity index (χ4v) is 0.795. The zero-order valence-corrected chi connectivity index (χ0v) is 6.67. The Labute approximate surface area is 61.6 Å². The van der Waals surface area contributed by atoms with Crippen LogP contribution in [0.3, 0.4) is 0 Å². The molecule has 3 nitrogen and oxygen atoms in total. The quantitative estimate of drug-likeness (QED) is 0.338. The minimum Gasteiger partial charge on any atom is -0.264 e. The van der Waals surface area contributed by atoms with Crippen LogP contribution in [0.15, 0.2) is 0 Å². The van der Waals surface area contributed by atoms with E-state index in [1.807, 2.05) is 0 Å². The van der Waals surface area contributed by atoms with Gasteiger partial charge in [-0.3, -0.25) is 10.1 Å². The summed E-state index contributed by atoms with van der Waals surface area (Å²) >= 11 is 0. The largest absolute Gasteiger partial charge is 0.264 e. The lowest BCUT2D eigenvalue weighted by atomic mass is 10.1. The number of nitro groups is 1. The molecule has 3 heteroatoms. The minimum atomic E-state index is -0.355. The summed E-state index contributed by atoms with van der Waals surface area (Å²) < 4.78 is 0. The van der Waals surface area contributed by atoms with Crippen molar-refractivity contribution in [1.82, 2.24) is 0 Å². The van der Waals surface area contributed by atoms with Gasteiger partial charge in [-0.2, -0.15) is 0 Å². The van der Waals surface area contributed by atoms with Gasteiger partial charge in [-0.15, -0.1) is 0 Å². The minimum absolute atomic E-state index is 0.213. The van der Waals surface area contributed by atoms with Gasteiger partial charge in [0.15, 0.2) is 0 Å². The molecule has 0 amide bonds. The van der Waals surface area contributed by atoms with Crippen molar-refractivity contribution < 1.29 is 4.92 Å². The summed E-state index contributed by atoms with van der Waals surface area (Å²) in [5.74, 6) is 0. The lowest BCUT2D eigenvalue weighted by Crippen LogP contribution is -2.14. The van der Waals surface area contributed by atoms with Crippen LogP contribution in [0.2, 0.25) is 0 Å². The van der Waals surface area contributed by atoms with E-state index >= 15 is 0 Å². The van der Waals surface area contributed by atoms with Crippen molar-refractivity contribution in [2.75, 3.05) is 0 Å². The molecule has 0 spiro atoms. The van der Waals surface area contributed by atoms with E-state index < -0.39 is 0 Å². The van der Waals surface area contributed by atoms with Crippen LogP contribution in [-0.4, -0.2) is 11.0 Å². The molecule has 0 rings (SSSR count). The molecule has 0 saturated carbocycles. The third-order valence-electron chi connectivity index (χ3n) is 1.59. The fraction of sp³-hybridized carbons (Fsp3) is 1.00. The summed E-state index contributed by atoms with van der Waals surface area (Å²) in [6.45, 7) is 3.76. The highest BCUT2D eigenvalue weighted by molar-refractivity contribution is 4.48. The van der Waals surface area contributed by atoms with Crippen molar-refractivity contribution in [2.45, 2.75) is 45.6 Å². The highest BCUT2D eigenvalue weighted by Gasteiger charge is 2.10. The van der Waals surface area contributed by atoms with Crippen molar-refractivity contribution in [1.29, 1.82) is 0 Å². The molecule has 0 fully saturated rings. The molecule has 10 heavy (non-hydrogen) atoms. The standard InChI is InChI=1S/C7H15NO2/c1-3-4-5-6-7(2)8(9)10/h7H,3-6H2,1-2H3/t7-/m0/s1. The average Bonchev–Trinajstić information content (AvgIpc) is 1.88. The molecule has 0 aromatic rings. The van der Waals surface area contributed by atoms with Gasteiger partial charge in [0, 0.05) is 18.3 Å². The van der Waals surface area contributed by atoms with E-state index in [1.54, 1.807) is 6.92 Å². The predicted molar refractivity (Wildman–Crippen MR) is 40.6 cm³/mol. The normalized spacial score (nSPS) is 13.0. The lowest BCUT2D eigenvalue weighted by molar-refractivity contribution is -0.519. The van der Waals surface area contributed by atoms with Crippen molar-refractivity contribution in [3.05, 3.63) is 10.1 Å². The van der Waals surface area contributed by atoms with Crippen molar-refractivity contribution >= 4 is 0 Å². The lowest BCUT2D eigenvalue weighted by Gasteiger charge is -2.00. The summed E-state index contributed by atoms with van der Waals surface area (Å²) in [6, 6.07) is -0.355. The second-order valence-corrected chi connectivity index (χ2v) is 2.63. The SMILES string of the molecule is CCCCC[C@H](C)[N+](=O)[O-]. The Morgan fingerprint density at radius 3 is 2.50 bits per heavy atom. The molecule has 0 saturated heterocycles. The van der Waals surface area contributed by atoms with E-state index in [1.165, 1.54) is 0 Å². The third-order valence-corrected chi connectivity index (χ3v) is 1.59. The van der Waals surface area contributed by atoms with Crippen LogP contribution in [0.25, 0.3) is 0 Å². The van der Waals surface area contributed by atoms with Gasteiger partial charge in [0.2, 0.25) is 6.04 Å². The van der Waals surface area contributed by atoms with Crippen molar-refractivity contribution in [3.8, 4) is 0 Å². The Balaban J connectivity index is 3.21. The van der Waals surface area contributed by atoms with Crippen molar-refractivity contribution in [2.24, 2.45) is 0 Å². The molecule has 0 heterocycles. The zero-order valence-electron chi connectivity index (χ0n) is 6.67. The smallest absolute Gasteiger partial charge is 0.210 e. The first-order chi connectivity index (χ1) is 4.68. The summed E-state index contributed by atoms with van der Waals surface area (Å²) in [5, 5.41) is 10.1. The van der Waals surface area contributed by atoms with Crippen LogP contribution in [-0.2, 0) is 0 Å². The number of hydrogen-bond donors (Lipinski definition) is 0. The monoisotopic (exact) mass is 145 g/mol. The number of hydrogen-bond acceptors (Lipinski definition) is 2. The number of nitrogens with zero attached hydrogens (tertiary/aromatic N) is 1. The van der Waals surface area contributed by atoms with Gasteiger partial charge in [-0.1, -0.05) is 19.8 Å². The Bertz CT molecular complexity index is 104. The second-order valence-electron chi connectivity index (χ2n) is 2.63. The van der Waals surface area contributed by atoms with E-state index in [0.29, 0.717) is 0 Å². The van der Waals surface area contributed by atoms with Gasteiger partial charge < -0.3 is 0 Å². The van der Waals surface area contributed by atoms with Crippen molar-refractivity contribution in [3.63, 3.8) is 0 Å². The molecule has 1 atom stereocenters. The maximum absolute atomic E-state index is 10.1. The molecule has 0 bridgehead atoms. The third kappa shape index (κ3) is 4.30. The summed E-state index contributed by atoms with van der Waals surface area (Å²) in [6.07, 6.45) is 3.95. The summed E-state index contributed by atoms with van der Waals surface area (Å²) in [7, 11) is 0. The molecule has 0 unspecified atom stereocenters. The molecule has 60 valence electrons. The van der Waals surface area contributed by atoms with Crippen LogP contribution < -0.4 is 0 Å². The molecule has 0 aliphatic heterocycles. The molecule has 0 aliphatic rings. The molecule has 0 aromatic heterocycles. The van der Waals surface area contributed by atoms with Gasteiger partial charge in [0.25, 0.3) is 0 Å². The zero-order chi connectivity index (χ0) is 7.98. The highest BCUT2D eigenvalue weighted by Crippen LogP contribution is 2.04. The Morgan fingerprint density at radius 1 is 1.50 bits per heavy atom. The highest BCUT2D eigenvalue weighted by atomic mass is 16.6. The second kappa shape index (κ2) is 5.21. The Hall–Kier alpha value is -0.600. The van der Waals surface area contributed by atoms with Gasteiger partial charge in [-0.05, 0) is 6.42 Å². The average molecular weight is 145 g/mol. The topological polar surface area (TPSA) is 43.1 Å². The summed E-state index contributed by atoms with van der Waals surface area (Å²) in [4.78, 5) is 9.89. The van der Waals surface area contributed by atoms with Crippen LogP contribution >= 0.6 is 0 Å². The van der Waals surface area contributed by atoms with Crippen LogP contribution in [0.4, 0.5) is 0 Å². The maximum atomic E-state index is 10.1. The van der Waals surface area contributed by atoms with E-state index in [9.17, 15) is 10.1 Å². The van der Waals surface area contributed by atoms with Crippen LogP contribution in [0.5, 0.6) is 0 Å². The molecule has 0 N–H and O–H groups in total. The molecule has 0 radical (unpaired) electrons. The van der Waals surface area contributed by atoms with E-state index in [2.05, 4.69) is 6.92 Å². The van der Waals surface area contributed by atoms with Crippen LogP contribution in [0, 0.1) is 10.1 Å².